The molecule has 3 aromatic rings. The van der Waals surface area contributed by atoms with Crippen molar-refractivity contribution in [2.45, 2.75) is 25.3 Å². The quantitative estimate of drug-likeness (QED) is 0.348. The zero-order chi connectivity index (χ0) is 20.8. The summed E-state index contributed by atoms with van der Waals surface area (Å²) in [5.74, 6) is -0.501. The standard InChI is InChI=1S/C22H20ClN3O2S/c1-2-26(14-24)22(28)19(11-17-13-29-20-9-4-3-8-18(17)20)25-21(27)16-7-5-6-15(10-16)12-23/h3-10,13,19H,2,11-12H2,1H3,(H,25,27). The minimum absolute atomic E-state index is 0.244. The zero-order valence-electron chi connectivity index (χ0n) is 15.9. The van der Waals surface area contributed by atoms with Crippen molar-refractivity contribution in [2.24, 2.45) is 0 Å². The Morgan fingerprint density at radius 2 is 2.03 bits per heavy atom. The highest BCUT2D eigenvalue weighted by atomic mass is 35.5. The van der Waals surface area contributed by atoms with Crippen molar-refractivity contribution >= 4 is 44.8 Å². The van der Waals surface area contributed by atoms with E-state index in [0.717, 1.165) is 26.1 Å². The van der Waals surface area contributed by atoms with Crippen LogP contribution in [0.5, 0.6) is 0 Å². The molecule has 3 rings (SSSR count). The summed E-state index contributed by atoms with van der Waals surface area (Å²) in [6.45, 7) is 1.97. The summed E-state index contributed by atoms with van der Waals surface area (Å²) in [5.41, 5.74) is 2.21. The van der Waals surface area contributed by atoms with Gasteiger partial charge in [0.15, 0.2) is 6.19 Å². The van der Waals surface area contributed by atoms with Crippen molar-refractivity contribution in [3.05, 3.63) is 70.6 Å². The number of nitrogens with one attached hydrogen (secondary N) is 1. The first kappa shape index (κ1) is 20.8. The molecule has 29 heavy (non-hydrogen) atoms. The van der Waals surface area contributed by atoms with Crippen LogP contribution in [0.4, 0.5) is 0 Å². The van der Waals surface area contributed by atoms with E-state index in [1.54, 1.807) is 36.5 Å². The van der Waals surface area contributed by atoms with Crippen LogP contribution in [0.2, 0.25) is 0 Å². The third-order valence-corrected chi connectivity index (χ3v) is 5.96. The number of benzene rings is 2. The van der Waals surface area contributed by atoms with Gasteiger partial charge in [-0.25, -0.2) is 4.90 Å². The number of nitrogens with zero attached hydrogens (tertiary/aromatic N) is 2. The number of likely N-dealkylation sites (N-methyl/N-ethyl adjacent to an activating group) is 1. The maximum absolute atomic E-state index is 12.9. The summed E-state index contributed by atoms with van der Waals surface area (Å²) in [7, 11) is 0. The molecule has 0 aliphatic heterocycles. The number of amides is 2. The summed E-state index contributed by atoms with van der Waals surface area (Å²) in [6, 6.07) is 14.0. The smallest absolute Gasteiger partial charge is 0.258 e. The number of thiophene rings is 1. The first-order chi connectivity index (χ1) is 14.1. The molecule has 0 saturated heterocycles. The second-order valence-corrected chi connectivity index (χ2v) is 7.68. The van der Waals surface area contributed by atoms with E-state index in [0.29, 0.717) is 17.9 Å². The average molecular weight is 426 g/mol. The lowest BCUT2D eigenvalue weighted by atomic mass is 10.0. The van der Waals surface area contributed by atoms with Gasteiger partial charge in [-0.2, -0.15) is 5.26 Å². The maximum Gasteiger partial charge on any atom is 0.258 e. The highest BCUT2D eigenvalue weighted by Gasteiger charge is 2.27. The van der Waals surface area contributed by atoms with E-state index in [2.05, 4.69) is 5.32 Å². The van der Waals surface area contributed by atoms with Crippen molar-refractivity contribution in [1.82, 2.24) is 10.2 Å². The predicted molar refractivity (Wildman–Crippen MR) is 116 cm³/mol. The molecule has 148 valence electrons. The van der Waals surface area contributed by atoms with Crippen molar-refractivity contribution < 1.29 is 9.59 Å². The van der Waals surface area contributed by atoms with E-state index in [4.69, 9.17) is 11.6 Å². The third-order valence-electron chi connectivity index (χ3n) is 4.64. The minimum Gasteiger partial charge on any atom is -0.340 e. The molecule has 0 bridgehead atoms. The monoisotopic (exact) mass is 425 g/mol. The Kier molecular flexibility index (Phi) is 6.86. The molecular weight excluding hydrogens is 406 g/mol. The van der Waals surface area contributed by atoms with E-state index in [-0.39, 0.29) is 12.5 Å². The number of rotatable bonds is 7. The van der Waals surface area contributed by atoms with Crippen LogP contribution >= 0.6 is 22.9 Å². The number of carbonyl (C=O) groups excluding carboxylic acids is 2. The van der Waals surface area contributed by atoms with Gasteiger partial charge in [0, 0.05) is 29.1 Å². The summed E-state index contributed by atoms with van der Waals surface area (Å²) in [5, 5.41) is 15.2. The Morgan fingerprint density at radius 3 is 2.76 bits per heavy atom. The summed E-state index contributed by atoms with van der Waals surface area (Å²) in [4.78, 5) is 26.8. The molecule has 2 amide bonds. The van der Waals surface area contributed by atoms with Gasteiger partial charge in [-0.1, -0.05) is 30.3 Å². The number of hydrogen-bond acceptors (Lipinski definition) is 4. The zero-order valence-corrected chi connectivity index (χ0v) is 17.5. The number of halogens is 1. The average Bonchev–Trinajstić information content (AvgIpc) is 3.17. The number of nitriles is 1. The van der Waals surface area contributed by atoms with Gasteiger partial charge in [0.1, 0.15) is 6.04 Å². The minimum atomic E-state index is -0.847. The fraction of sp³-hybridized carbons (Fsp3) is 0.227. The highest BCUT2D eigenvalue weighted by Crippen LogP contribution is 2.27. The van der Waals surface area contributed by atoms with Crippen LogP contribution in [0.3, 0.4) is 0 Å². The second-order valence-electron chi connectivity index (χ2n) is 6.50. The van der Waals surface area contributed by atoms with Crippen LogP contribution in [0.1, 0.15) is 28.4 Å². The largest absolute Gasteiger partial charge is 0.340 e. The van der Waals surface area contributed by atoms with Gasteiger partial charge >= 0.3 is 0 Å². The molecule has 7 heteroatoms. The van der Waals surface area contributed by atoms with Gasteiger partial charge in [0.2, 0.25) is 0 Å². The molecule has 1 heterocycles. The molecule has 2 aromatic carbocycles. The fourth-order valence-corrected chi connectivity index (χ4v) is 4.25. The molecule has 1 atom stereocenters. The summed E-state index contributed by atoms with van der Waals surface area (Å²) < 4.78 is 1.11. The Morgan fingerprint density at radius 1 is 1.24 bits per heavy atom. The van der Waals surface area contributed by atoms with Crippen molar-refractivity contribution in [3.63, 3.8) is 0 Å². The number of carbonyl (C=O) groups is 2. The molecule has 0 radical (unpaired) electrons. The topological polar surface area (TPSA) is 73.2 Å². The number of hydrogen-bond donors (Lipinski definition) is 1. The SMILES string of the molecule is CCN(C#N)C(=O)C(Cc1csc2ccccc12)NC(=O)c1cccc(CCl)c1. The molecule has 0 spiro atoms. The van der Waals surface area contributed by atoms with E-state index < -0.39 is 11.9 Å². The Hall–Kier alpha value is -2.88. The van der Waals surface area contributed by atoms with Gasteiger partial charge in [0.05, 0.1) is 0 Å². The van der Waals surface area contributed by atoms with Crippen molar-refractivity contribution in [3.8, 4) is 6.19 Å². The van der Waals surface area contributed by atoms with Gasteiger partial charge in [-0.15, -0.1) is 22.9 Å². The molecule has 1 unspecified atom stereocenters. The highest BCUT2D eigenvalue weighted by molar-refractivity contribution is 7.17. The Bertz CT molecular complexity index is 1070. The van der Waals surface area contributed by atoms with E-state index in [1.165, 1.54) is 0 Å². The van der Waals surface area contributed by atoms with Gasteiger partial charge in [-0.05, 0) is 47.0 Å². The molecule has 0 aliphatic carbocycles. The second kappa shape index (κ2) is 9.55. The fourth-order valence-electron chi connectivity index (χ4n) is 3.11. The van der Waals surface area contributed by atoms with Crippen LogP contribution in [-0.2, 0) is 17.1 Å². The van der Waals surface area contributed by atoms with Crippen LogP contribution in [0.15, 0.2) is 53.9 Å². The molecule has 0 fully saturated rings. The van der Waals surface area contributed by atoms with Crippen LogP contribution < -0.4 is 5.32 Å². The lowest BCUT2D eigenvalue weighted by Gasteiger charge is -2.21. The molecule has 0 saturated carbocycles. The lowest BCUT2D eigenvalue weighted by Crippen LogP contribution is -2.48. The molecule has 0 aliphatic rings. The van der Waals surface area contributed by atoms with Crippen LogP contribution in [-0.4, -0.2) is 29.3 Å². The van der Waals surface area contributed by atoms with Crippen molar-refractivity contribution in [1.29, 1.82) is 5.26 Å². The third kappa shape index (κ3) is 4.76. The summed E-state index contributed by atoms with van der Waals surface area (Å²) >= 11 is 7.45. The van der Waals surface area contributed by atoms with Gasteiger partial charge in [-0.3, -0.25) is 9.59 Å². The predicted octanol–water partition coefficient (Wildman–Crippen LogP) is 4.31. The normalized spacial score (nSPS) is 11.6. The van der Waals surface area contributed by atoms with E-state index >= 15 is 0 Å². The molecule has 1 aromatic heterocycles. The Labute approximate surface area is 178 Å². The lowest BCUT2D eigenvalue weighted by molar-refractivity contribution is -0.130. The maximum atomic E-state index is 12.9. The molecule has 5 nitrogen and oxygen atoms in total. The van der Waals surface area contributed by atoms with Crippen LogP contribution in [0.25, 0.3) is 10.1 Å². The Balaban J connectivity index is 1.89. The molecular formula is C22H20ClN3O2S. The van der Waals surface area contributed by atoms with Crippen LogP contribution in [0, 0.1) is 11.5 Å². The van der Waals surface area contributed by atoms with E-state index in [9.17, 15) is 14.9 Å². The molecule has 1 N–H and O–H groups in total. The number of alkyl halides is 1. The first-order valence-electron chi connectivity index (χ1n) is 9.19. The van der Waals surface area contributed by atoms with Gasteiger partial charge in [0.25, 0.3) is 11.8 Å². The van der Waals surface area contributed by atoms with Crippen molar-refractivity contribution in [2.75, 3.05) is 6.54 Å². The first-order valence-corrected chi connectivity index (χ1v) is 10.6. The van der Waals surface area contributed by atoms with E-state index in [1.807, 2.05) is 41.9 Å². The van der Waals surface area contributed by atoms with Gasteiger partial charge < -0.3 is 5.32 Å². The number of fused-ring (bicyclic) bond motifs is 1. The summed E-state index contributed by atoms with van der Waals surface area (Å²) in [6.07, 6.45) is 2.21.